The molecule has 2 aromatic rings. The minimum absolute atomic E-state index is 0.0220. The standard InChI is InChI=1S/C22H23F3N2S/c1-21(24,25)28-27-19-15(11-18-20(27)22(8-9-22)13-26(18)2)10-16(23)12-17(19)14-6-4-3-5-7-14/h3-7,10,12,18,20H,8-9,11,13H2,1-2H3. The minimum atomic E-state index is -2.90. The molecule has 0 bridgehead atoms. The molecule has 0 amide bonds. The first kappa shape index (κ1) is 18.4. The molecule has 0 radical (unpaired) electrons. The van der Waals surface area contributed by atoms with Crippen LogP contribution in [0, 0.1) is 11.2 Å². The van der Waals surface area contributed by atoms with Crippen LogP contribution in [-0.2, 0) is 6.42 Å². The van der Waals surface area contributed by atoms with Gasteiger partial charge in [0.25, 0.3) is 0 Å². The van der Waals surface area contributed by atoms with Gasteiger partial charge in [0.2, 0.25) is 0 Å². The molecular formula is C22H23F3N2S. The van der Waals surface area contributed by atoms with E-state index in [1.165, 1.54) is 12.1 Å². The smallest absolute Gasteiger partial charge is 0.305 e. The Morgan fingerprint density at radius 1 is 1.14 bits per heavy atom. The SMILES string of the molecule is CN1CC2(CC2)C2C1Cc1cc(F)cc(-c3ccccc3)c1N2SC(C)(F)F. The van der Waals surface area contributed by atoms with E-state index in [1.54, 1.807) is 0 Å². The summed E-state index contributed by atoms with van der Waals surface area (Å²) in [6.07, 6.45) is 2.84. The van der Waals surface area contributed by atoms with Gasteiger partial charge in [-0.3, -0.25) is 0 Å². The summed E-state index contributed by atoms with van der Waals surface area (Å²) in [6, 6.07) is 12.7. The third-order valence-corrected chi connectivity index (χ3v) is 7.34. The summed E-state index contributed by atoms with van der Waals surface area (Å²) in [4.78, 5) is 2.29. The van der Waals surface area contributed by atoms with Crippen molar-refractivity contribution in [1.82, 2.24) is 4.90 Å². The molecule has 28 heavy (non-hydrogen) atoms. The number of hydrogen-bond donors (Lipinski definition) is 0. The first-order valence-corrected chi connectivity index (χ1v) is 10.5. The van der Waals surface area contributed by atoms with E-state index in [0.717, 1.165) is 43.1 Å². The number of likely N-dealkylation sites (tertiary alicyclic amines) is 1. The number of fused-ring (bicyclic) bond motifs is 3. The van der Waals surface area contributed by atoms with E-state index in [4.69, 9.17) is 0 Å². The molecular weight excluding hydrogens is 381 g/mol. The number of anilines is 1. The third-order valence-electron chi connectivity index (χ3n) is 6.41. The normalized spacial score (nSPS) is 25.7. The monoisotopic (exact) mass is 404 g/mol. The molecule has 2 unspecified atom stereocenters. The molecule has 2 aromatic carbocycles. The number of alkyl halides is 2. The summed E-state index contributed by atoms with van der Waals surface area (Å²) in [7, 11) is 2.07. The summed E-state index contributed by atoms with van der Waals surface area (Å²) in [5, 5.41) is -2.90. The quantitative estimate of drug-likeness (QED) is 0.617. The fraction of sp³-hybridized carbons (Fsp3) is 0.455. The molecule has 1 spiro atoms. The maximum absolute atomic E-state index is 14.5. The average molecular weight is 405 g/mol. The van der Waals surface area contributed by atoms with E-state index < -0.39 is 5.25 Å². The number of rotatable bonds is 3. The Bertz CT molecular complexity index is 908. The maximum atomic E-state index is 14.5. The molecule has 1 aliphatic carbocycles. The molecule has 1 saturated carbocycles. The van der Waals surface area contributed by atoms with Gasteiger partial charge < -0.3 is 9.21 Å². The van der Waals surface area contributed by atoms with E-state index >= 15 is 0 Å². The summed E-state index contributed by atoms with van der Waals surface area (Å²) >= 11 is 0.607. The first-order valence-electron chi connectivity index (χ1n) is 9.72. The number of nitrogens with zero attached hydrogens (tertiary/aromatic N) is 2. The highest BCUT2D eigenvalue weighted by Crippen LogP contribution is 2.62. The van der Waals surface area contributed by atoms with Crippen LogP contribution in [0.25, 0.3) is 11.1 Å². The van der Waals surface area contributed by atoms with E-state index in [9.17, 15) is 13.2 Å². The van der Waals surface area contributed by atoms with Gasteiger partial charge in [0.1, 0.15) is 5.82 Å². The van der Waals surface area contributed by atoms with Crippen molar-refractivity contribution in [1.29, 1.82) is 0 Å². The van der Waals surface area contributed by atoms with Gasteiger partial charge in [0.05, 0.1) is 11.7 Å². The van der Waals surface area contributed by atoms with Crippen molar-refractivity contribution >= 4 is 17.6 Å². The van der Waals surface area contributed by atoms with Crippen molar-refractivity contribution in [3.8, 4) is 11.1 Å². The summed E-state index contributed by atoms with van der Waals surface area (Å²) < 4.78 is 44.9. The lowest BCUT2D eigenvalue weighted by Gasteiger charge is -2.44. The highest BCUT2D eigenvalue weighted by atomic mass is 32.2. The summed E-state index contributed by atoms with van der Waals surface area (Å²) in [5.74, 6) is -0.314. The fourth-order valence-corrected chi connectivity index (χ4v) is 6.32. The van der Waals surface area contributed by atoms with Crippen molar-refractivity contribution in [3.63, 3.8) is 0 Å². The van der Waals surface area contributed by atoms with E-state index in [2.05, 4.69) is 11.9 Å². The molecule has 2 atom stereocenters. The van der Waals surface area contributed by atoms with Gasteiger partial charge in [0, 0.05) is 42.4 Å². The highest BCUT2D eigenvalue weighted by molar-refractivity contribution is 8.01. The van der Waals surface area contributed by atoms with Crippen LogP contribution in [0.2, 0.25) is 0 Å². The van der Waals surface area contributed by atoms with Crippen LogP contribution in [0.3, 0.4) is 0 Å². The fourth-order valence-electron chi connectivity index (χ4n) is 5.19. The average Bonchev–Trinajstić information content (AvgIpc) is 3.33. The highest BCUT2D eigenvalue weighted by Gasteiger charge is 2.63. The van der Waals surface area contributed by atoms with E-state index in [0.29, 0.717) is 23.9 Å². The second-order valence-electron chi connectivity index (χ2n) is 8.55. The predicted molar refractivity (Wildman–Crippen MR) is 108 cm³/mol. The van der Waals surface area contributed by atoms with E-state index in [-0.39, 0.29) is 23.3 Å². The van der Waals surface area contributed by atoms with Crippen LogP contribution < -0.4 is 4.31 Å². The molecule has 2 aliphatic heterocycles. The molecule has 3 aliphatic rings. The van der Waals surface area contributed by atoms with Gasteiger partial charge in [-0.1, -0.05) is 30.3 Å². The third kappa shape index (κ3) is 2.92. The zero-order chi connectivity index (χ0) is 19.7. The van der Waals surface area contributed by atoms with Gasteiger partial charge in [0.15, 0.2) is 0 Å². The zero-order valence-electron chi connectivity index (χ0n) is 16.0. The Kier molecular flexibility index (Phi) is 4.05. The Hall–Kier alpha value is -1.66. The lowest BCUT2D eigenvalue weighted by Crippen LogP contribution is -2.50. The number of halogens is 3. The van der Waals surface area contributed by atoms with Crippen molar-refractivity contribution in [2.45, 2.75) is 43.5 Å². The van der Waals surface area contributed by atoms with Crippen LogP contribution in [0.15, 0.2) is 42.5 Å². The molecule has 6 heteroatoms. The number of hydrogen-bond acceptors (Lipinski definition) is 3. The van der Waals surface area contributed by atoms with Crippen molar-refractivity contribution in [2.24, 2.45) is 5.41 Å². The van der Waals surface area contributed by atoms with Crippen molar-refractivity contribution in [2.75, 3.05) is 17.9 Å². The van der Waals surface area contributed by atoms with Gasteiger partial charge in [-0.2, -0.15) is 8.78 Å². The summed E-state index contributed by atoms with van der Waals surface area (Å²) in [6.45, 7) is 1.87. The second-order valence-corrected chi connectivity index (χ2v) is 9.84. The Balaban J connectivity index is 1.72. The Morgan fingerprint density at radius 2 is 1.86 bits per heavy atom. The van der Waals surface area contributed by atoms with Crippen molar-refractivity contribution < 1.29 is 13.2 Å². The van der Waals surface area contributed by atoms with Crippen LogP contribution in [0.4, 0.5) is 18.9 Å². The predicted octanol–water partition coefficient (Wildman–Crippen LogP) is 5.58. The molecule has 0 N–H and O–H groups in total. The Morgan fingerprint density at radius 3 is 2.50 bits per heavy atom. The number of likely N-dealkylation sites (N-methyl/N-ethyl adjacent to an activating group) is 1. The minimum Gasteiger partial charge on any atom is -0.305 e. The largest absolute Gasteiger partial charge is 0.309 e. The van der Waals surface area contributed by atoms with Crippen LogP contribution >= 0.6 is 11.9 Å². The summed E-state index contributed by atoms with van der Waals surface area (Å²) in [5.41, 5.74) is 3.23. The Labute approximate surface area is 167 Å². The molecule has 2 heterocycles. The van der Waals surface area contributed by atoms with Gasteiger partial charge in [-0.15, -0.1) is 0 Å². The molecule has 5 rings (SSSR count). The van der Waals surface area contributed by atoms with Gasteiger partial charge in [-0.05, 0) is 49.6 Å². The maximum Gasteiger partial charge on any atom is 0.309 e. The second kappa shape index (κ2) is 6.17. The lowest BCUT2D eigenvalue weighted by atomic mass is 9.85. The molecule has 0 aromatic heterocycles. The molecule has 2 nitrogen and oxygen atoms in total. The zero-order valence-corrected chi connectivity index (χ0v) is 16.8. The van der Waals surface area contributed by atoms with Crippen LogP contribution in [0.5, 0.6) is 0 Å². The first-order chi connectivity index (χ1) is 13.3. The molecule has 2 fully saturated rings. The van der Waals surface area contributed by atoms with Crippen molar-refractivity contribution in [3.05, 3.63) is 53.8 Å². The van der Waals surface area contributed by atoms with E-state index in [1.807, 2.05) is 34.6 Å². The van der Waals surface area contributed by atoms with Crippen LogP contribution in [-0.4, -0.2) is 35.8 Å². The topological polar surface area (TPSA) is 6.48 Å². The van der Waals surface area contributed by atoms with Gasteiger partial charge in [-0.25, -0.2) is 4.39 Å². The number of benzene rings is 2. The van der Waals surface area contributed by atoms with Crippen LogP contribution in [0.1, 0.15) is 25.3 Å². The van der Waals surface area contributed by atoms with Gasteiger partial charge >= 0.3 is 5.25 Å². The lowest BCUT2D eigenvalue weighted by molar-refractivity contribution is 0.128. The molecule has 1 saturated heterocycles. The molecule has 148 valence electrons.